The number of aliphatic hydroxyl groups is 3. The van der Waals surface area contributed by atoms with E-state index in [2.05, 4.69) is 48.9 Å². The number of ketones is 2. The number of nitrogens with one attached hydrogen (secondary N) is 6. The van der Waals surface area contributed by atoms with Crippen molar-refractivity contribution in [2.75, 3.05) is 83.5 Å². The van der Waals surface area contributed by atoms with Crippen molar-refractivity contribution in [1.82, 2.24) is 36.8 Å². The molecule has 0 radical (unpaired) electrons. The number of amides is 5. The number of aliphatic hydroxyl groups excluding tert-OH is 1. The second kappa shape index (κ2) is 41.6. The monoisotopic (exact) mass is 1680 g/mol. The summed E-state index contributed by atoms with van der Waals surface area (Å²) in [5.41, 5.74) is -1.28. The minimum absolute atomic E-state index is 0.0547. The highest BCUT2D eigenvalue weighted by atomic mass is 33.1. The molecule has 2 aliphatic carbocycles. The molecule has 4 aliphatic heterocycles. The van der Waals surface area contributed by atoms with Gasteiger partial charge in [-0.25, -0.2) is 14.4 Å². The number of hydrogen-bond donors (Lipinski definition) is 14. The lowest BCUT2D eigenvalue weighted by Crippen LogP contribution is -2.81. The Bertz CT molecular complexity index is 4330. The predicted molar refractivity (Wildman–Crippen MR) is 426 cm³/mol. The minimum Gasteiger partial charge on any atom is -0.496 e. The number of rotatable bonds is 42. The Balaban J connectivity index is 0.00000570. The number of esters is 2. The van der Waals surface area contributed by atoms with Gasteiger partial charge in [-0.2, -0.15) is 9.59 Å². The van der Waals surface area contributed by atoms with Crippen LogP contribution in [0.5, 0.6) is 5.75 Å². The SMILES string of the molecule is CC[C@](C)(O)C[C@H]1CNCCC2=C(Cc3ccccc32)[C@@](C(=O)OC)(c2cc3c(cc2OC)N(C)[C@H]2[C@@](O)(C(=O)NCC(=O)OCCSSC[C@H](NC(=O)[C@@H](CC(=O)[C@H](CC(=O)O)NC(=O)CC[C@H](CC(=O)CC[C@H](NC(=O)NCCCC(=O)O)C(=O)O)C(=O)O)Cc4ccccc4)C(=O)O)[C@H](O)[C@]4(CC)C=CCN5CC[C@]32[C@@H]54)C1.O=C=O. The van der Waals surface area contributed by atoms with Crippen molar-refractivity contribution < 1.29 is 127 Å². The first-order valence-electron chi connectivity index (χ1n) is 39.2. The first kappa shape index (κ1) is 93.4. The average Bonchev–Trinajstić information content (AvgIpc) is 1.47. The maximum atomic E-state index is 15.7. The normalized spacial score (nSPS) is 23.7. The van der Waals surface area contributed by atoms with Crippen molar-refractivity contribution in [2.45, 2.75) is 188 Å². The minimum atomic E-state index is -2.64. The number of urea groups is 1. The highest BCUT2D eigenvalue weighted by Gasteiger charge is 2.79. The molecular formula is C82H106N8O26S2. The largest absolute Gasteiger partial charge is 0.496 e. The molecule has 1 spiro atoms. The van der Waals surface area contributed by atoms with Gasteiger partial charge >= 0.3 is 54.0 Å². The van der Waals surface area contributed by atoms with Crippen LogP contribution in [0.25, 0.3) is 5.57 Å². The number of likely N-dealkylation sites (N-methyl/N-ethyl adjacent to an activating group) is 1. The molecule has 118 heavy (non-hydrogen) atoms. The van der Waals surface area contributed by atoms with Crippen LogP contribution in [0.15, 0.2) is 84.5 Å². The third-order valence-electron chi connectivity index (χ3n) is 23.7. The van der Waals surface area contributed by atoms with E-state index in [1.807, 2.05) is 55.2 Å². The molecule has 14 atom stereocenters. The number of carbonyl (C=O) groups is 13. The third-order valence-corrected chi connectivity index (χ3v) is 26.1. The second-order valence-electron chi connectivity index (χ2n) is 31.0. The summed E-state index contributed by atoms with van der Waals surface area (Å²) in [5, 5.41) is 103. The Morgan fingerprint density at radius 2 is 1.48 bits per heavy atom. The molecule has 36 heteroatoms. The first-order valence-corrected chi connectivity index (χ1v) is 41.7. The van der Waals surface area contributed by atoms with Gasteiger partial charge < -0.3 is 91.9 Å². The standard InChI is InChI=1S/C81H106N8O24S2.CO2/c1-7-77(3,109)41-47-42-80(75(107)112-6,54-36-48-18-12-13-19-52(48)53(54)25-29-82-43-47)56-38-55-60(40-62(56)111-5)88(4)72-79(55)27-31-89-30-15-26-78(8-2,71(79)89)73(105)81(72,110)74(106)84-44-66(97)113-32-33-114-115-45-59(70(103)104)86-67(98)50(34-46-16-10-9-11-17-46)37-61(91)58(39-65(95)96)85-63(92)24-21-49(68(99)100)35-51(90)22-23-57(69(101)102)87-76(108)83-28-14-20-64(93)94;2-1-3/h9-13,15-19,26,38,40,47,49-50,57-59,71-73,82,105,109-110H,7-8,14,20-25,27-37,39,41-45H2,1-6H3,(H,84,106)(H,85,92)(H,86,98)(H,93,94)(H,95,96)(H,99,100)(H,101,102)(H,103,104)(H2,83,87,108);/t47-,49-,50-,57+,58+,59+,71+,72-,73-,77+,78-,79-,80-,81+;/m1./s1. The van der Waals surface area contributed by atoms with Gasteiger partial charge in [-0.05, 0) is 143 Å². The lowest BCUT2D eigenvalue weighted by molar-refractivity contribution is -0.203. The quantitative estimate of drug-likeness (QED) is 0.0167. The molecule has 642 valence electrons. The Hall–Kier alpha value is -10.1. The lowest BCUT2D eigenvalue weighted by atomic mass is 9.47. The molecule has 1 saturated heterocycles. The lowest BCUT2D eigenvalue weighted by Gasteiger charge is -2.63. The van der Waals surface area contributed by atoms with Crippen LogP contribution < -0.4 is 41.5 Å². The van der Waals surface area contributed by atoms with Crippen LogP contribution in [0.1, 0.15) is 145 Å². The van der Waals surface area contributed by atoms with Gasteiger partial charge in [0.25, 0.3) is 5.91 Å². The summed E-state index contributed by atoms with van der Waals surface area (Å²) in [6.07, 6.45) is 0.220. The summed E-state index contributed by atoms with van der Waals surface area (Å²) in [5.74, 6) is -16.2. The van der Waals surface area contributed by atoms with Gasteiger partial charge in [0, 0.05) is 104 Å². The zero-order valence-corrected chi connectivity index (χ0v) is 68.4. The zero-order chi connectivity index (χ0) is 86.6. The first-order chi connectivity index (χ1) is 56.1. The van der Waals surface area contributed by atoms with E-state index < -0.39 is 204 Å². The van der Waals surface area contributed by atoms with Gasteiger partial charge in [-0.1, -0.05) is 102 Å². The van der Waals surface area contributed by atoms with Crippen LogP contribution in [0.3, 0.4) is 0 Å². The van der Waals surface area contributed by atoms with Gasteiger partial charge in [0.1, 0.15) is 48.3 Å². The number of Topliss-reactive ketones (excluding diaryl/α,β-unsaturated/α-hetero) is 2. The van der Waals surface area contributed by atoms with E-state index in [9.17, 15) is 88.5 Å². The van der Waals surface area contributed by atoms with Crippen molar-refractivity contribution in [3.05, 3.63) is 112 Å². The summed E-state index contributed by atoms with van der Waals surface area (Å²) < 4.78 is 18.0. The number of fused-ring (bicyclic) bond motifs is 3. The van der Waals surface area contributed by atoms with Gasteiger partial charge in [0.05, 0.1) is 44.2 Å². The van der Waals surface area contributed by atoms with E-state index in [1.165, 1.54) is 14.2 Å². The molecule has 3 aromatic carbocycles. The number of carbonyl (C=O) groups excluding carboxylic acids is 10. The molecule has 0 unspecified atom stereocenters. The van der Waals surface area contributed by atoms with Crippen molar-refractivity contribution in [3.63, 3.8) is 0 Å². The molecule has 0 bridgehead atoms. The summed E-state index contributed by atoms with van der Waals surface area (Å²) in [4.78, 5) is 191. The predicted octanol–water partition coefficient (Wildman–Crippen LogP) is 3.51. The maximum absolute atomic E-state index is 15.7. The molecule has 3 aromatic rings. The highest BCUT2D eigenvalue weighted by molar-refractivity contribution is 8.76. The molecule has 2 fully saturated rings. The van der Waals surface area contributed by atoms with Crippen LogP contribution >= 0.6 is 21.6 Å². The fourth-order valence-electron chi connectivity index (χ4n) is 18.2. The van der Waals surface area contributed by atoms with Gasteiger partial charge in [0.15, 0.2) is 11.4 Å². The van der Waals surface area contributed by atoms with Crippen molar-refractivity contribution in [2.24, 2.45) is 23.2 Å². The van der Waals surface area contributed by atoms with Crippen molar-refractivity contribution >= 4 is 116 Å². The van der Waals surface area contributed by atoms with Gasteiger partial charge in [-0.3, -0.25) is 52.8 Å². The third kappa shape index (κ3) is 21.3. The van der Waals surface area contributed by atoms with E-state index in [0.717, 1.165) is 49.4 Å². The fourth-order valence-corrected chi connectivity index (χ4v) is 20.1. The highest BCUT2D eigenvalue weighted by Crippen LogP contribution is 2.68. The Labute approximate surface area is 689 Å². The number of methoxy groups -OCH3 is 2. The van der Waals surface area contributed by atoms with Crippen LogP contribution in [0.2, 0.25) is 0 Å². The van der Waals surface area contributed by atoms with E-state index in [-0.39, 0.29) is 68.8 Å². The maximum Gasteiger partial charge on any atom is 0.373 e. The van der Waals surface area contributed by atoms with Crippen LogP contribution in [0.4, 0.5) is 10.5 Å². The van der Waals surface area contributed by atoms with Crippen molar-refractivity contribution in [3.8, 4) is 5.75 Å². The molecule has 34 nitrogen and oxygen atoms in total. The summed E-state index contributed by atoms with van der Waals surface area (Å²) >= 11 is 0. The molecule has 5 amide bonds. The Morgan fingerprint density at radius 1 is 0.780 bits per heavy atom. The fraction of sp³-hybridized carbons (Fsp3) is 0.561. The van der Waals surface area contributed by atoms with Crippen LogP contribution in [-0.4, -0.2) is 255 Å². The Morgan fingerprint density at radius 3 is 2.14 bits per heavy atom. The number of nitrogens with zero attached hydrogens (tertiary/aromatic N) is 2. The van der Waals surface area contributed by atoms with Gasteiger partial charge in [0.2, 0.25) is 11.8 Å². The number of aliphatic carboxylic acids is 5. The van der Waals surface area contributed by atoms with Crippen LogP contribution in [0, 0.1) is 23.2 Å². The average molecular weight is 1680 g/mol. The molecule has 1 saturated carbocycles. The molecular weight excluding hydrogens is 1580 g/mol. The van der Waals surface area contributed by atoms with E-state index in [1.54, 1.807) is 44.3 Å². The number of benzene rings is 3. The topological polar surface area (TPSA) is 524 Å². The smallest absolute Gasteiger partial charge is 0.373 e. The molecule has 0 aromatic heterocycles. The number of anilines is 1. The number of ether oxygens (including phenoxy) is 3. The Kier molecular flexibility index (Phi) is 32.9. The van der Waals surface area contributed by atoms with E-state index >= 15 is 9.59 Å². The van der Waals surface area contributed by atoms with E-state index in [0.29, 0.717) is 80.8 Å². The zero-order valence-electron chi connectivity index (χ0n) is 66.7. The van der Waals surface area contributed by atoms with Gasteiger partial charge in [-0.15, -0.1) is 0 Å². The van der Waals surface area contributed by atoms with Crippen molar-refractivity contribution in [1.29, 1.82) is 0 Å². The molecule has 4 heterocycles. The number of carboxylic acids is 5. The summed E-state index contributed by atoms with van der Waals surface area (Å²) in [6.45, 7) is 6.64. The number of hydrogen-bond acceptors (Lipinski definition) is 26. The second-order valence-corrected chi connectivity index (χ2v) is 33.7. The molecule has 14 N–H and O–H groups in total. The molecule has 9 rings (SSSR count). The summed E-state index contributed by atoms with van der Waals surface area (Å²) in [7, 11) is 6.72. The molecule has 6 aliphatic rings. The van der Waals surface area contributed by atoms with E-state index in [4.69, 9.17) is 28.9 Å². The van der Waals surface area contributed by atoms with Crippen LogP contribution in [-0.2, 0) is 100 Å². The summed E-state index contributed by atoms with van der Waals surface area (Å²) in [6, 6.07) is 12.7. The number of carboxylic acid groups (broad SMARTS) is 5.